The van der Waals surface area contributed by atoms with Crippen LogP contribution in [0.15, 0.2) is 29.4 Å². The monoisotopic (exact) mass is 264 g/mol. The van der Waals surface area contributed by atoms with Gasteiger partial charge in [0.25, 0.3) is 0 Å². The van der Waals surface area contributed by atoms with Crippen molar-refractivity contribution in [2.24, 2.45) is 11.1 Å². The Bertz CT molecular complexity index is 502. The van der Waals surface area contributed by atoms with Crippen molar-refractivity contribution in [2.45, 2.75) is 19.8 Å². The molecule has 5 heteroatoms. The van der Waals surface area contributed by atoms with E-state index in [9.17, 15) is 9.18 Å². The predicted octanol–water partition coefficient (Wildman–Crippen LogP) is 2.07. The fourth-order valence-corrected chi connectivity index (χ4v) is 2.31. The van der Waals surface area contributed by atoms with Gasteiger partial charge in [-0.1, -0.05) is 30.3 Å². The van der Waals surface area contributed by atoms with Gasteiger partial charge in [0.1, 0.15) is 5.82 Å². The van der Waals surface area contributed by atoms with E-state index < -0.39 is 0 Å². The van der Waals surface area contributed by atoms with Crippen molar-refractivity contribution < 1.29 is 14.4 Å². The number of benzene rings is 1. The van der Waals surface area contributed by atoms with Crippen LogP contribution in [0, 0.1) is 11.7 Å². The molecule has 0 spiro atoms. The quantitative estimate of drug-likeness (QED) is 0.656. The van der Waals surface area contributed by atoms with Crippen molar-refractivity contribution in [3.8, 4) is 0 Å². The number of oxime groups is 1. The standard InChI is InChI=1S/C14H17FN2O2/c1-10-9-17(7-6-13(10)16-19)14(18)8-11-4-2-3-5-12(11)15/h2-5,10,19H,6-9H2,1H3/b16-13+. The number of rotatable bonds is 2. The number of hydrogen-bond acceptors (Lipinski definition) is 3. The van der Waals surface area contributed by atoms with Gasteiger partial charge in [0.15, 0.2) is 0 Å². The van der Waals surface area contributed by atoms with Crippen molar-refractivity contribution in [3.63, 3.8) is 0 Å². The lowest BCUT2D eigenvalue weighted by Crippen LogP contribution is -2.43. The first-order chi connectivity index (χ1) is 9.11. The molecular formula is C14H17FN2O2. The summed E-state index contributed by atoms with van der Waals surface area (Å²) in [6.07, 6.45) is 0.645. The molecule has 1 aromatic rings. The minimum absolute atomic E-state index is 0.0447. The molecule has 1 unspecified atom stereocenters. The molecular weight excluding hydrogens is 247 g/mol. The van der Waals surface area contributed by atoms with Gasteiger partial charge < -0.3 is 10.1 Å². The topological polar surface area (TPSA) is 52.9 Å². The van der Waals surface area contributed by atoms with Gasteiger partial charge in [-0.25, -0.2) is 4.39 Å². The Morgan fingerprint density at radius 3 is 2.89 bits per heavy atom. The van der Waals surface area contributed by atoms with Crippen molar-refractivity contribution in [2.75, 3.05) is 13.1 Å². The molecule has 1 heterocycles. The summed E-state index contributed by atoms with van der Waals surface area (Å²) in [5.41, 5.74) is 1.14. The summed E-state index contributed by atoms with van der Waals surface area (Å²) in [4.78, 5) is 13.8. The maximum Gasteiger partial charge on any atom is 0.227 e. The zero-order valence-electron chi connectivity index (χ0n) is 10.8. The summed E-state index contributed by atoms with van der Waals surface area (Å²) >= 11 is 0. The molecule has 0 saturated carbocycles. The SMILES string of the molecule is CC1CN(C(=O)Cc2ccccc2F)CC/C1=N\O. The number of carbonyl (C=O) groups excluding carboxylic acids is 1. The predicted molar refractivity (Wildman–Crippen MR) is 69.7 cm³/mol. The minimum atomic E-state index is -0.349. The van der Waals surface area contributed by atoms with Gasteiger partial charge in [-0.2, -0.15) is 0 Å². The number of amides is 1. The van der Waals surface area contributed by atoms with Crippen LogP contribution in [0.25, 0.3) is 0 Å². The number of halogens is 1. The second-order valence-electron chi connectivity index (χ2n) is 4.85. The normalized spacial score (nSPS) is 21.7. The zero-order valence-corrected chi connectivity index (χ0v) is 10.8. The van der Waals surface area contributed by atoms with E-state index in [0.29, 0.717) is 25.1 Å². The molecule has 1 saturated heterocycles. The highest BCUT2D eigenvalue weighted by molar-refractivity contribution is 5.89. The van der Waals surface area contributed by atoms with Gasteiger partial charge in [0, 0.05) is 25.4 Å². The van der Waals surface area contributed by atoms with Gasteiger partial charge >= 0.3 is 0 Å². The van der Waals surface area contributed by atoms with E-state index in [-0.39, 0.29) is 24.1 Å². The average molecular weight is 264 g/mol. The first-order valence-corrected chi connectivity index (χ1v) is 6.34. The Morgan fingerprint density at radius 1 is 1.53 bits per heavy atom. The van der Waals surface area contributed by atoms with Crippen molar-refractivity contribution in [3.05, 3.63) is 35.6 Å². The van der Waals surface area contributed by atoms with Crippen LogP contribution < -0.4 is 0 Å². The fourth-order valence-electron chi connectivity index (χ4n) is 2.31. The molecule has 0 aliphatic carbocycles. The van der Waals surface area contributed by atoms with Crippen molar-refractivity contribution >= 4 is 11.6 Å². The molecule has 1 N–H and O–H groups in total. The van der Waals surface area contributed by atoms with E-state index in [0.717, 1.165) is 5.71 Å². The van der Waals surface area contributed by atoms with E-state index >= 15 is 0 Å². The lowest BCUT2D eigenvalue weighted by molar-refractivity contribution is -0.131. The molecule has 1 aromatic carbocycles. The van der Waals surface area contributed by atoms with Gasteiger partial charge in [-0.05, 0) is 11.6 Å². The van der Waals surface area contributed by atoms with Gasteiger partial charge in [0.2, 0.25) is 5.91 Å². The summed E-state index contributed by atoms with van der Waals surface area (Å²) in [5.74, 6) is -0.393. The molecule has 1 aliphatic heterocycles. The maximum absolute atomic E-state index is 13.5. The van der Waals surface area contributed by atoms with Gasteiger partial charge in [-0.3, -0.25) is 4.79 Å². The number of likely N-dealkylation sites (tertiary alicyclic amines) is 1. The van der Waals surface area contributed by atoms with E-state index in [1.54, 1.807) is 23.1 Å². The number of piperidine rings is 1. The first-order valence-electron chi connectivity index (χ1n) is 6.34. The van der Waals surface area contributed by atoms with Crippen LogP contribution >= 0.6 is 0 Å². The average Bonchev–Trinajstić information content (AvgIpc) is 2.41. The van der Waals surface area contributed by atoms with E-state index in [1.165, 1.54) is 6.07 Å². The molecule has 0 bridgehead atoms. The third kappa shape index (κ3) is 3.10. The summed E-state index contributed by atoms with van der Waals surface area (Å²) in [7, 11) is 0. The van der Waals surface area contributed by atoms with Crippen LogP contribution in [0.3, 0.4) is 0 Å². The maximum atomic E-state index is 13.5. The van der Waals surface area contributed by atoms with Crippen LogP contribution in [0.1, 0.15) is 18.9 Å². The summed E-state index contributed by atoms with van der Waals surface area (Å²) in [6, 6.07) is 6.32. The molecule has 1 fully saturated rings. The van der Waals surface area contributed by atoms with Crippen LogP contribution in [0.2, 0.25) is 0 Å². The second kappa shape index (κ2) is 5.82. The molecule has 1 aliphatic rings. The molecule has 2 rings (SSSR count). The van der Waals surface area contributed by atoms with E-state index in [1.807, 2.05) is 6.92 Å². The van der Waals surface area contributed by atoms with Crippen LogP contribution in [-0.2, 0) is 11.2 Å². The van der Waals surface area contributed by atoms with E-state index in [4.69, 9.17) is 5.21 Å². The lowest BCUT2D eigenvalue weighted by atomic mass is 9.97. The molecule has 0 radical (unpaired) electrons. The Kier molecular flexibility index (Phi) is 4.14. The van der Waals surface area contributed by atoms with Crippen molar-refractivity contribution in [1.29, 1.82) is 0 Å². The second-order valence-corrected chi connectivity index (χ2v) is 4.85. The Hall–Kier alpha value is -1.91. The summed E-state index contributed by atoms with van der Waals surface area (Å²) in [6.45, 7) is 2.96. The van der Waals surface area contributed by atoms with Crippen LogP contribution in [0.4, 0.5) is 4.39 Å². The third-order valence-electron chi connectivity index (χ3n) is 3.48. The minimum Gasteiger partial charge on any atom is -0.411 e. The Morgan fingerprint density at radius 2 is 2.26 bits per heavy atom. The van der Waals surface area contributed by atoms with Crippen LogP contribution in [-0.4, -0.2) is 34.8 Å². The molecule has 1 atom stereocenters. The Balaban J connectivity index is 2.00. The van der Waals surface area contributed by atoms with Crippen LogP contribution in [0.5, 0.6) is 0 Å². The first kappa shape index (κ1) is 13.5. The third-order valence-corrected chi connectivity index (χ3v) is 3.48. The highest BCUT2D eigenvalue weighted by Gasteiger charge is 2.26. The highest BCUT2D eigenvalue weighted by Crippen LogP contribution is 2.16. The largest absolute Gasteiger partial charge is 0.411 e. The van der Waals surface area contributed by atoms with Gasteiger partial charge in [-0.15, -0.1) is 0 Å². The summed E-state index contributed by atoms with van der Waals surface area (Å²) in [5, 5.41) is 12.0. The molecule has 4 nitrogen and oxygen atoms in total. The summed E-state index contributed by atoms with van der Waals surface area (Å²) < 4.78 is 13.5. The number of nitrogens with zero attached hydrogens (tertiary/aromatic N) is 2. The molecule has 1 amide bonds. The molecule has 0 aromatic heterocycles. The molecule has 19 heavy (non-hydrogen) atoms. The fraction of sp³-hybridized carbons (Fsp3) is 0.429. The molecule has 102 valence electrons. The Labute approximate surface area is 111 Å². The zero-order chi connectivity index (χ0) is 13.8. The highest BCUT2D eigenvalue weighted by atomic mass is 19.1. The van der Waals surface area contributed by atoms with Crippen molar-refractivity contribution in [1.82, 2.24) is 4.90 Å². The lowest BCUT2D eigenvalue weighted by Gasteiger charge is -2.31. The number of hydrogen-bond donors (Lipinski definition) is 1. The van der Waals surface area contributed by atoms with Gasteiger partial charge in [0.05, 0.1) is 12.1 Å². The van der Waals surface area contributed by atoms with E-state index in [2.05, 4.69) is 5.16 Å². The number of carbonyl (C=O) groups is 1. The smallest absolute Gasteiger partial charge is 0.227 e.